The van der Waals surface area contributed by atoms with E-state index in [2.05, 4.69) is 52.0 Å². The van der Waals surface area contributed by atoms with Crippen molar-refractivity contribution in [3.8, 4) is 0 Å². The molecule has 104 valence electrons. The van der Waals surface area contributed by atoms with Crippen LogP contribution in [0.5, 0.6) is 0 Å². The van der Waals surface area contributed by atoms with Crippen LogP contribution in [-0.4, -0.2) is 49.8 Å². The highest BCUT2D eigenvalue weighted by Gasteiger charge is 2.21. The average Bonchev–Trinajstić information content (AvgIpc) is 2.26. The zero-order valence-electron chi connectivity index (χ0n) is 12.6. The molecule has 0 heterocycles. The molecule has 0 radical (unpaired) electrons. The number of aliphatic hydroxyl groups excluding tert-OH is 1. The van der Waals surface area contributed by atoms with Crippen LogP contribution in [0.25, 0.3) is 0 Å². The molecule has 0 saturated carbocycles. The molecule has 0 amide bonds. The fourth-order valence-electron chi connectivity index (χ4n) is 1.85. The smallest absolute Gasteiger partial charge is 0.0496 e. The zero-order valence-corrected chi connectivity index (χ0v) is 12.6. The molecule has 0 fully saturated rings. The average molecular weight is 244 g/mol. The molecule has 0 bridgehead atoms. The van der Waals surface area contributed by atoms with Crippen molar-refractivity contribution < 1.29 is 5.11 Å². The van der Waals surface area contributed by atoms with E-state index in [4.69, 9.17) is 0 Å². The summed E-state index contributed by atoms with van der Waals surface area (Å²) < 4.78 is 0. The predicted molar refractivity (Wildman–Crippen MR) is 75.3 cm³/mol. The van der Waals surface area contributed by atoms with Crippen LogP contribution in [0.15, 0.2) is 0 Å². The van der Waals surface area contributed by atoms with Crippen molar-refractivity contribution in [1.82, 2.24) is 10.2 Å². The maximum Gasteiger partial charge on any atom is 0.0496 e. The summed E-state index contributed by atoms with van der Waals surface area (Å²) in [4.78, 5) is 2.29. The van der Waals surface area contributed by atoms with Crippen molar-refractivity contribution in [3.05, 3.63) is 0 Å². The van der Waals surface area contributed by atoms with Crippen LogP contribution in [0.1, 0.15) is 40.5 Å². The highest BCUT2D eigenvalue weighted by molar-refractivity contribution is 4.77. The first-order chi connectivity index (χ1) is 7.84. The number of hydrogen-bond donors (Lipinski definition) is 2. The van der Waals surface area contributed by atoms with Gasteiger partial charge in [0.1, 0.15) is 0 Å². The molecular weight excluding hydrogens is 212 g/mol. The molecule has 0 aliphatic rings. The maximum atomic E-state index is 9.35. The van der Waals surface area contributed by atoms with Gasteiger partial charge in [-0.15, -0.1) is 0 Å². The van der Waals surface area contributed by atoms with E-state index in [9.17, 15) is 5.11 Å². The van der Waals surface area contributed by atoms with Gasteiger partial charge in [-0.1, -0.05) is 27.7 Å². The third-order valence-electron chi connectivity index (χ3n) is 3.64. The van der Waals surface area contributed by atoms with Crippen molar-refractivity contribution in [3.63, 3.8) is 0 Å². The number of nitrogens with zero attached hydrogens (tertiary/aromatic N) is 1. The second-order valence-electron chi connectivity index (χ2n) is 6.20. The monoisotopic (exact) mass is 244 g/mol. The van der Waals surface area contributed by atoms with Crippen molar-refractivity contribution >= 4 is 0 Å². The van der Waals surface area contributed by atoms with E-state index in [1.54, 1.807) is 0 Å². The van der Waals surface area contributed by atoms with Crippen molar-refractivity contribution in [2.45, 2.75) is 46.6 Å². The lowest BCUT2D eigenvalue weighted by atomic mass is 9.88. The van der Waals surface area contributed by atoms with Gasteiger partial charge in [-0.05, 0) is 32.9 Å². The van der Waals surface area contributed by atoms with Gasteiger partial charge in [-0.2, -0.15) is 0 Å². The first kappa shape index (κ1) is 16.9. The Morgan fingerprint density at radius 1 is 1.29 bits per heavy atom. The molecule has 0 aliphatic carbocycles. The van der Waals surface area contributed by atoms with E-state index in [0.717, 1.165) is 25.4 Å². The summed E-state index contributed by atoms with van der Waals surface area (Å²) in [7, 11) is 4.28. The molecule has 0 aromatic carbocycles. The second-order valence-corrected chi connectivity index (χ2v) is 6.20. The Balaban J connectivity index is 4.05. The quantitative estimate of drug-likeness (QED) is 0.651. The van der Waals surface area contributed by atoms with E-state index in [-0.39, 0.29) is 12.0 Å². The number of aliphatic hydroxyl groups is 1. The fraction of sp³-hybridized carbons (Fsp3) is 1.00. The second kappa shape index (κ2) is 8.06. The Bertz CT molecular complexity index is 189. The number of rotatable bonds is 9. The summed E-state index contributed by atoms with van der Waals surface area (Å²) >= 11 is 0. The lowest BCUT2D eigenvalue weighted by Crippen LogP contribution is -2.43. The standard InChI is InChI=1S/C14H32N2O/c1-7-14(4,11-17)10-15-9-13(16(5)6)8-12(2)3/h12-13,15,17H,7-11H2,1-6H3. The van der Waals surface area contributed by atoms with Crippen LogP contribution in [-0.2, 0) is 0 Å². The van der Waals surface area contributed by atoms with Gasteiger partial charge in [0.25, 0.3) is 0 Å². The van der Waals surface area contributed by atoms with Gasteiger partial charge in [0, 0.05) is 31.2 Å². The summed E-state index contributed by atoms with van der Waals surface area (Å²) in [5, 5.41) is 12.9. The van der Waals surface area contributed by atoms with Gasteiger partial charge in [-0.3, -0.25) is 0 Å². The minimum Gasteiger partial charge on any atom is -0.396 e. The van der Waals surface area contributed by atoms with E-state index < -0.39 is 0 Å². The largest absolute Gasteiger partial charge is 0.396 e. The van der Waals surface area contributed by atoms with Gasteiger partial charge in [-0.25, -0.2) is 0 Å². The number of nitrogens with one attached hydrogen (secondary N) is 1. The summed E-state index contributed by atoms with van der Waals surface area (Å²) in [6, 6.07) is 0.579. The van der Waals surface area contributed by atoms with Crippen LogP contribution < -0.4 is 5.32 Å². The molecule has 0 aliphatic heterocycles. The summed E-state index contributed by atoms with van der Waals surface area (Å²) in [6.45, 7) is 10.9. The first-order valence-corrected chi connectivity index (χ1v) is 6.82. The molecule has 2 atom stereocenters. The summed E-state index contributed by atoms with van der Waals surface area (Å²) in [5.41, 5.74) is 0.0225. The molecule has 0 rings (SSSR count). The highest BCUT2D eigenvalue weighted by atomic mass is 16.3. The Hall–Kier alpha value is -0.120. The van der Waals surface area contributed by atoms with Crippen LogP contribution >= 0.6 is 0 Å². The molecule has 0 saturated heterocycles. The molecule has 3 heteroatoms. The molecule has 0 aromatic heterocycles. The normalized spacial score (nSPS) is 17.5. The third kappa shape index (κ3) is 7.02. The van der Waals surface area contributed by atoms with E-state index in [0.29, 0.717) is 6.04 Å². The van der Waals surface area contributed by atoms with E-state index in [1.807, 2.05) is 0 Å². The van der Waals surface area contributed by atoms with Gasteiger partial charge >= 0.3 is 0 Å². The molecular formula is C14H32N2O. The van der Waals surface area contributed by atoms with Crippen LogP contribution in [0, 0.1) is 11.3 Å². The zero-order chi connectivity index (χ0) is 13.5. The minimum atomic E-state index is 0.0225. The van der Waals surface area contributed by atoms with Crippen LogP contribution in [0.4, 0.5) is 0 Å². The van der Waals surface area contributed by atoms with Gasteiger partial charge in [0.05, 0.1) is 0 Å². The topological polar surface area (TPSA) is 35.5 Å². The summed E-state index contributed by atoms with van der Waals surface area (Å²) in [5.74, 6) is 0.722. The molecule has 3 nitrogen and oxygen atoms in total. The fourth-order valence-corrected chi connectivity index (χ4v) is 1.85. The van der Waals surface area contributed by atoms with E-state index in [1.165, 1.54) is 6.42 Å². The Morgan fingerprint density at radius 2 is 1.88 bits per heavy atom. The van der Waals surface area contributed by atoms with Gasteiger partial charge in [0.2, 0.25) is 0 Å². The van der Waals surface area contributed by atoms with Crippen LogP contribution in [0.3, 0.4) is 0 Å². The maximum absolute atomic E-state index is 9.35. The number of likely N-dealkylation sites (N-methyl/N-ethyl adjacent to an activating group) is 1. The van der Waals surface area contributed by atoms with Crippen LogP contribution in [0.2, 0.25) is 0 Å². The molecule has 0 spiro atoms. The van der Waals surface area contributed by atoms with E-state index >= 15 is 0 Å². The first-order valence-electron chi connectivity index (χ1n) is 6.82. The number of hydrogen-bond acceptors (Lipinski definition) is 3. The molecule has 2 N–H and O–H groups in total. The van der Waals surface area contributed by atoms with Crippen molar-refractivity contribution in [2.24, 2.45) is 11.3 Å². The Labute approximate surface area is 108 Å². The third-order valence-corrected chi connectivity index (χ3v) is 3.64. The SMILES string of the molecule is CCC(C)(CO)CNCC(CC(C)C)N(C)C. The Morgan fingerprint density at radius 3 is 2.24 bits per heavy atom. The van der Waals surface area contributed by atoms with Crippen molar-refractivity contribution in [2.75, 3.05) is 33.8 Å². The highest BCUT2D eigenvalue weighted by Crippen LogP contribution is 2.18. The van der Waals surface area contributed by atoms with Gasteiger partial charge in [0.15, 0.2) is 0 Å². The predicted octanol–water partition coefficient (Wildman–Crippen LogP) is 1.96. The summed E-state index contributed by atoms with van der Waals surface area (Å²) in [6.07, 6.45) is 2.22. The van der Waals surface area contributed by atoms with Crippen molar-refractivity contribution in [1.29, 1.82) is 0 Å². The minimum absolute atomic E-state index is 0.0225. The van der Waals surface area contributed by atoms with Gasteiger partial charge < -0.3 is 15.3 Å². The molecule has 2 unspecified atom stereocenters. The molecule has 0 aromatic rings. The lowest BCUT2D eigenvalue weighted by molar-refractivity contribution is 0.131. The molecule has 17 heavy (non-hydrogen) atoms. The lowest BCUT2D eigenvalue weighted by Gasteiger charge is -2.30. The Kier molecular flexibility index (Phi) is 8.01.